The molecule has 1 aromatic carbocycles. The van der Waals surface area contributed by atoms with Crippen molar-refractivity contribution in [2.75, 3.05) is 13.1 Å². The standard InChI is InChI=1S/C27H30F3N5O3/c28-27(29,30)38-20-7-3-17(4-8-20)16-35-22(33-21-2-1-13-32-26(21)35)9-10-23(36)34-24(25(37)19-5-6-19)18-11-14-31-15-12-18/h1-4,7-8,13,18-19,24,31H,5-6,9-12,14-16H2,(H,34,36). The fourth-order valence-electron chi connectivity index (χ4n) is 5.03. The Balaban J connectivity index is 1.28. The molecule has 8 nitrogen and oxygen atoms in total. The smallest absolute Gasteiger partial charge is 0.406 e. The van der Waals surface area contributed by atoms with E-state index >= 15 is 0 Å². The highest BCUT2D eigenvalue weighted by Gasteiger charge is 2.39. The summed E-state index contributed by atoms with van der Waals surface area (Å²) in [5.74, 6) is 0.513. The quantitative estimate of drug-likeness (QED) is 0.415. The number of amides is 1. The molecule has 1 atom stereocenters. The van der Waals surface area contributed by atoms with E-state index in [1.54, 1.807) is 24.4 Å². The number of alkyl halides is 3. The normalized spacial score (nSPS) is 17.3. The van der Waals surface area contributed by atoms with Crippen LogP contribution in [0.4, 0.5) is 13.2 Å². The Bertz CT molecular complexity index is 1280. The molecule has 3 heterocycles. The van der Waals surface area contributed by atoms with Crippen molar-refractivity contribution < 1.29 is 27.5 Å². The monoisotopic (exact) mass is 529 g/mol. The summed E-state index contributed by atoms with van der Waals surface area (Å²) >= 11 is 0. The minimum absolute atomic E-state index is 0.0679. The fourth-order valence-corrected chi connectivity index (χ4v) is 5.03. The third-order valence-electron chi connectivity index (χ3n) is 7.11. The molecular weight excluding hydrogens is 499 g/mol. The lowest BCUT2D eigenvalue weighted by Gasteiger charge is -2.30. The number of piperidine rings is 1. The average Bonchev–Trinajstić information content (AvgIpc) is 3.69. The van der Waals surface area contributed by atoms with Crippen molar-refractivity contribution in [2.45, 2.75) is 57.5 Å². The molecule has 1 unspecified atom stereocenters. The number of pyridine rings is 1. The van der Waals surface area contributed by atoms with E-state index in [-0.39, 0.29) is 35.7 Å². The average molecular weight is 530 g/mol. The topological polar surface area (TPSA) is 98.1 Å². The largest absolute Gasteiger partial charge is 0.573 e. The number of halogens is 3. The van der Waals surface area contributed by atoms with E-state index in [0.717, 1.165) is 44.3 Å². The number of carbonyl (C=O) groups excluding carboxylic acids is 2. The van der Waals surface area contributed by atoms with Crippen LogP contribution in [0, 0.1) is 11.8 Å². The second kappa shape index (κ2) is 11.1. The Morgan fingerprint density at radius 2 is 1.84 bits per heavy atom. The number of nitrogens with one attached hydrogen (secondary N) is 2. The van der Waals surface area contributed by atoms with Crippen molar-refractivity contribution in [1.82, 2.24) is 25.2 Å². The summed E-state index contributed by atoms with van der Waals surface area (Å²) in [6.45, 7) is 2.00. The summed E-state index contributed by atoms with van der Waals surface area (Å²) in [6, 6.07) is 8.78. The van der Waals surface area contributed by atoms with Gasteiger partial charge in [0.2, 0.25) is 5.91 Å². The lowest BCUT2D eigenvalue weighted by molar-refractivity contribution is -0.274. The van der Waals surface area contributed by atoms with E-state index < -0.39 is 12.4 Å². The Morgan fingerprint density at radius 1 is 1.11 bits per heavy atom. The molecule has 1 saturated heterocycles. The van der Waals surface area contributed by atoms with E-state index in [0.29, 0.717) is 30.0 Å². The highest BCUT2D eigenvalue weighted by atomic mass is 19.4. The summed E-state index contributed by atoms with van der Waals surface area (Å²) in [5, 5.41) is 6.34. The third-order valence-corrected chi connectivity index (χ3v) is 7.11. The molecule has 1 saturated carbocycles. The molecule has 3 aromatic rings. The van der Waals surface area contributed by atoms with E-state index in [2.05, 4.69) is 25.3 Å². The molecule has 1 aliphatic heterocycles. The van der Waals surface area contributed by atoms with Crippen LogP contribution < -0.4 is 15.4 Å². The maximum absolute atomic E-state index is 13.0. The first-order valence-corrected chi connectivity index (χ1v) is 13.0. The molecular formula is C27H30F3N5O3. The molecule has 0 bridgehead atoms. The molecule has 11 heteroatoms. The Kier molecular flexibility index (Phi) is 7.64. The number of nitrogens with zero attached hydrogens (tertiary/aromatic N) is 3. The van der Waals surface area contributed by atoms with Crippen LogP contribution in [-0.2, 0) is 22.6 Å². The van der Waals surface area contributed by atoms with Crippen LogP contribution >= 0.6 is 0 Å². The highest BCUT2D eigenvalue weighted by molar-refractivity contribution is 5.92. The van der Waals surface area contributed by atoms with Gasteiger partial charge in [-0.05, 0) is 74.5 Å². The zero-order valence-corrected chi connectivity index (χ0v) is 20.8. The van der Waals surface area contributed by atoms with Gasteiger partial charge in [-0.1, -0.05) is 12.1 Å². The summed E-state index contributed by atoms with van der Waals surface area (Å²) in [7, 11) is 0. The summed E-state index contributed by atoms with van der Waals surface area (Å²) < 4.78 is 43.3. The Morgan fingerprint density at radius 3 is 2.53 bits per heavy atom. The molecule has 1 amide bonds. The van der Waals surface area contributed by atoms with Gasteiger partial charge in [-0.2, -0.15) is 0 Å². The minimum atomic E-state index is -4.75. The van der Waals surface area contributed by atoms with Crippen LogP contribution in [-0.4, -0.2) is 51.7 Å². The number of benzene rings is 1. The highest BCUT2D eigenvalue weighted by Crippen LogP contribution is 2.33. The molecule has 1 aliphatic carbocycles. The van der Waals surface area contributed by atoms with Gasteiger partial charge in [0.15, 0.2) is 11.4 Å². The van der Waals surface area contributed by atoms with Crippen molar-refractivity contribution in [2.24, 2.45) is 11.8 Å². The summed E-state index contributed by atoms with van der Waals surface area (Å²) in [5.41, 5.74) is 2.02. The third kappa shape index (κ3) is 6.50. The molecule has 5 rings (SSSR count). The lowest BCUT2D eigenvalue weighted by atomic mass is 9.86. The molecule has 2 fully saturated rings. The number of aromatic nitrogens is 3. The predicted molar refractivity (Wildman–Crippen MR) is 133 cm³/mol. The summed E-state index contributed by atoms with van der Waals surface area (Å²) in [4.78, 5) is 35.1. The zero-order valence-electron chi connectivity index (χ0n) is 20.8. The number of hydrogen-bond donors (Lipinski definition) is 2. The first kappa shape index (κ1) is 26.1. The number of fused-ring (bicyclic) bond motifs is 1. The van der Waals surface area contributed by atoms with E-state index in [4.69, 9.17) is 0 Å². The first-order valence-electron chi connectivity index (χ1n) is 13.0. The van der Waals surface area contributed by atoms with Crippen LogP contribution in [0.25, 0.3) is 11.2 Å². The van der Waals surface area contributed by atoms with Gasteiger partial charge < -0.3 is 19.9 Å². The maximum Gasteiger partial charge on any atom is 0.573 e. The number of Topliss-reactive ketones (excluding diaryl/α,β-unsaturated/α-hetero) is 1. The van der Waals surface area contributed by atoms with Gasteiger partial charge in [0.05, 0.1) is 12.6 Å². The molecule has 0 radical (unpaired) electrons. The van der Waals surface area contributed by atoms with Crippen molar-refractivity contribution >= 4 is 22.9 Å². The molecule has 2 aliphatic rings. The van der Waals surface area contributed by atoms with Crippen LogP contribution in [0.3, 0.4) is 0 Å². The molecule has 0 spiro atoms. The van der Waals surface area contributed by atoms with E-state index in [1.165, 1.54) is 12.1 Å². The number of imidazole rings is 1. The number of ketones is 1. The molecule has 2 N–H and O–H groups in total. The van der Waals surface area contributed by atoms with Gasteiger partial charge in [0.1, 0.15) is 17.1 Å². The second-order valence-electron chi connectivity index (χ2n) is 9.96. The van der Waals surface area contributed by atoms with Gasteiger partial charge in [0.25, 0.3) is 0 Å². The van der Waals surface area contributed by atoms with Gasteiger partial charge in [-0.15, -0.1) is 13.2 Å². The number of rotatable bonds is 10. The Hall–Kier alpha value is -3.47. The molecule has 38 heavy (non-hydrogen) atoms. The fraction of sp³-hybridized carbons (Fsp3) is 0.481. The van der Waals surface area contributed by atoms with E-state index in [1.807, 2.05) is 10.6 Å². The van der Waals surface area contributed by atoms with Crippen LogP contribution in [0.1, 0.15) is 43.5 Å². The van der Waals surface area contributed by atoms with Gasteiger partial charge in [0, 0.05) is 25.0 Å². The molecule has 202 valence electrons. The van der Waals surface area contributed by atoms with Crippen LogP contribution in [0.5, 0.6) is 5.75 Å². The van der Waals surface area contributed by atoms with E-state index in [9.17, 15) is 22.8 Å². The summed E-state index contributed by atoms with van der Waals surface area (Å²) in [6.07, 6.45) is 0.887. The number of ether oxygens (including phenoxy) is 1. The van der Waals surface area contributed by atoms with Crippen molar-refractivity contribution in [1.29, 1.82) is 0 Å². The zero-order chi connectivity index (χ0) is 26.7. The van der Waals surface area contributed by atoms with Crippen LogP contribution in [0.2, 0.25) is 0 Å². The van der Waals surface area contributed by atoms with Crippen molar-refractivity contribution in [3.8, 4) is 5.75 Å². The number of hydrogen-bond acceptors (Lipinski definition) is 6. The lowest BCUT2D eigenvalue weighted by Crippen LogP contribution is -2.49. The van der Waals surface area contributed by atoms with Crippen molar-refractivity contribution in [3.63, 3.8) is 0 Å². The van der Waals surface area contributed by atoms with Crippen LogP contribution in [0.15, 0.2) is 42.6 Å². The van der Waals surface area contributed by atoms with Gasteiger partial charge in [-0.3, -0.25) is 9.59 Å². The SMILES string of the molecule is O=C(CCc1nc2cccnc2n1Cc1ccc(OC(F)(F)F)cc1)NC(C(=O)C1CC1)C1CCNCC1. The Labute approximate surface area is 218 Å². The first-order chi connectivity index (χ1) is 18.3. The van der Waals surface area contributed by atoms with Gasteiger partial charge >= 0.3 is 6.36 Å². The number of aryl methyl sites for hydroxylation is 1. The maximum atomic E-state index is 13.0. The minimum Gasteiger partial charge on any atom is -0.406 e. The number of carbonyl (C=O) groups is 2. The second-order valence-corrected chi connectivity index (χ2v) is 9.96. The van der Waals surface area contributed by atoms with Gasteiger partial charge in [-0.25, -0.2) is 9.97 Å². The van der Waals surface area contributed by atoms with Crippen molar-refractivity contribution in [3.05, 3.63) is 54.0 Å². The molecule has 2 aromatic heterocycles. The predicted octanol–water partition coefficient (Wildman–Crippen LogP) is 3.77.